The third-order valence-electron chi connectivity index (χ3n) is 5.81. The highest BCUT2D eigenvalue weighted by Crippen LogP contribution is 2.46. The second-order valence-electron chi connectivity index (χ2n) is 8.63. The van der Waals surface area contributed by atoms with Gasteiger partial charge in [-0.05, 0) is 70.6 Å². The molecule has 0 unspecified atom stereocenters. The topological polar surface area (TPSA) is 9.23 Å². The first kappa shape index (κ1) is 17.8. The normalized spacial score (nSPS) is 18.6. The zero-order chi connectivity index (χ0) is 18.2. The molecule has 0 radical (unpaired) electrons. The summed E-state index contributed by atoms with van der Waals surface area (Å²) in [5.74, 6) is 0.896. The van der Waals surface area contributed by atoms with E-state index in [2.05, 4.69) is 71.0 Å². The second-order valence-corrected chi connectivity index (χ2v) is 8.63. The van der Waals surface area contributed by atoms with Crippen LogP contribution >= 0.6 is 0 Å². The molecular weight excluding hydrogens is 304 g/mol. The molecule has 2 aromatic rings. The van der Waals surface area contributed by atoms with Crippen LogP contribution in [0, 0.1) is 0 Å². The fraction of sp³-hybridized carbons (Fsp3) is 0.417. The molecular formula is C24H30O. The summed E-state index contributed by atoms with van der Waals surface area (Å²) in [5, 5.41) is 0. The number of hydrogen-bond acceptors (Lipinski definition) is 1. The quantitative estimate of drug-likeness (QED) is 0.574. The first-order valence-electron chi connectivity index (χ1n) is 9.21. The Morgan fingerprint density at radius 2 is 1.48 bits per heavy atom. The average Bonchev–Trinajstić information content (AvgIpc) is 2.59. The summed E-state index contributed by atoms with van der Waals surface area (Å²) in [6.07, 6.45) is 4.76. The Labute approximate surface area is 152 Å². The van der Waals surface area contributed by atoms with Crippen molar-refractivity contribution in [3.63, 3.8) is 0 Å². The Kier molecular flexibility index (Phi) is 4.53. The molecule has 0 atom stereocenters. The van der Waals surface area contributed by atoms with Crippen LogP contribution < -0.4 is 4.74 Å². The average molecular weight is 335 g/mol. The van der Waals surface area contributed by atoms with Crippen LogP contribution in [-0.4, -0.2) is 7.11 Å². The fourth-order valence-electron chi connectivity index (χ4n) is 3.87. The van der Waals surface area contributed by atoms with Gasteiger partial charge in [-0.15, -0.1) is 0 Å². The van der Waals surface area contributed by atoms with Crippen molar-refractivity contribution in [1.29, 1.82) is 0 Å². The zero-order valence-electron chi connectivity index (χ0n) is 16.4. The highest BCUT2D eigenvalue weighted by atomic mass is 16.5. The monoisotopic (exact) mass is 334 g/mol. The van der Waals surface area contributed by atoms with Crippen molar-refractivity contribution < 1.29 is 4.74 Å². The van der Waals surface area contributed by atoms with Gasteiger partial charge < -0.3 is 4.74 Å². The first-order chi connectivity index (χ1) is 11.7. The number of allylic oxidation sites excluding steroid dienone is 1. The van der Waals surface area contributed by atoms with Crippen LogP contribution in [0.5, 0.6) is 5.75 Å². The molecule has 132 valence electrons. The summed E-state index contributed by atoms with van der Waals surface area (Å²) >= 11 is 0. The third-order valence-corrected chi connectivity index (χ3v) is 5.81. The first-order valence-corrected chi connectivity index (χ1v) is 9.21. The minimum Gasteiger partial charge on any atom is -0.497 e. The maximum absolute atomic E-state index is 5.24. The molecule has 0 fully saturated rings. The van der Waals surface area contributed by atoms with Crippen molar-refractivity contribution in [2.45, 2.75) is 58.3 Å². The molecule has 0 aromatic heterocycles. The van der Waals surface area contributed by atoms with Crippen molar-refractivity contribution in [3.05, 3.63) is 64.7 Å². The van der Waals surface area contributed by atoms with Gasteiger partial charge in [0.05, 0.1) is 7.11 Å². The lowest BCUT2D eigenvalue weighted by molar-refractivity contribution is 0.332. The Balaban J connectivity index is 1.99. The summed E-state index contributed by atoms with van der Waals surface area (Å²) in [4.78, 5) is 0. The number of ether oxygens (including phenoxy) is 1. The van der Waals surface area contributed by atoms with Crippen LogP contribution in [0.2, 0.25) is 0 Å². The Morgan fingerprint density at radius 1 is 0.880 bits per heavy atom. The third kappa shape index (κ3) is 3.51. The molecule has 0 bridgehead atoms. The smallest absolute Gasteiger partial charge is 0.118 e. The molecule has 1 aliphatic rings. The molecule has 0 amide bonds. The molecule has 1 nitrogen and oxygen atoms in total. The number of hydrogen-bond donors (Lipinski definition) is 0. The maximum Gasteiger partial charge on any atom is 0.118 e. The minimum absolute atomic E-state index is 0.251. The lowest BCUT2D eigenvalue weighted by atomic mass is 9.63. The van der Waals surface area contributed by atoms with Gasteiger partial charge in [0.2, 0.25) is 0 Å². The maximum atomic E-state index is 5.24. The molecule has 1 aliphatic carbocycles. The van der Waals surface area contributed by atoms with E-state index in [1.165, 1.54) is 40.7 Å². The number of methoxy groups -OCH3 is 1. The highest BCUT2D eigenvalue weighted by molar-refractivity contribution is 5.80. The van der Waals surface area contributed by atoms with E-state index in [4.69, 9.17) is 4.74 Å². The van der Waals surface area contributed by atoms with E-state index in [-0.39, 0.29) is 10.8 Å². The summed E-state index contributed by atoms with van der Waals surface area (Å²) in [5.41, 5.74) is 7.38. The largest absolute Gasteiger partial charge is 0.497 e. The van der Waals surface area contributed by atoms with Gasteiger partial charge in [-0.3, -0.25) is 0 Å². The van der Waals surface area contributed by atoms with Crippen LogP contribution in [0.1, 0.15) is 69.7 Å². The number of rotatable bonds is 3. The lowest BCUT2D eigenvalue weighted by Gasteiger charge is -2.42. The van der Waals surface area contributed by atoms with Crippen molar-refractivity contribution in [1.82, 2.24) is 0 Å². The van der Waals surface area contributed by atoms with Crippen LogP contribution in [0.4, 0.5) is 0 Å². The van der Waals surface area contributed by atoms with Gasteiger partial charge in [0.25, 0.3) is 0 Å². The molecule has 1 heteroatoms. The van der Waals surface area contributed by atoms with Crippen LogP contribution in [0.3, 0.4) is 0 Å². The van der Waals surface area contributed by atoms with Crippen LogP contribution in [-0.2, 0) is 10.8 Å². The molecule has 25 heavy (non-hydrogen) atoms. The van der Waals surface area contributed by atoms with E-state index in [1.54, 1.807) is 7.11 Å². The van der Waals surface area contributed by atoms with E-state index >= 15 is 0 Å². The molecule has 2 aromatic carbocycles. The predicted molar refractivity (Wildman–Crippen MR) is 108 cm³/mol. The standard InChI is InChI=1S/C24H30O/c1-17(15-18-7-10-20(25-6)11-8-18)19-9-12-21-22(16-19)24(4,5)14-13-23(21,2)3/h7-12,15-16H,13-14H2,1-6H3/b17-15+. The van der Waals surface area contributed by atoms with Crippen molar-refractivity contribution in [2.24, 2.45) is 0 Å². The predicted octanol–water partition coefficient (Wildman–Crippen LogP) is 6.60. The minimum atomic E-state index is 0.251. The van der Waals surface area contributed by atoms with Gasteiger partial charge >= 0.3 is 0 Å². The fourth-order valence-corrected chi connectivity index (χ4v) is 3.87. The van der Waals surface area contributed by atoms with Crippen LogP contribution in [0.25, 0.3) is 11.6 Å². The summed E-state index contributed by atoms with van der Waals surface area (Å²) < 4.78 is 5.24. The zero-order valence-corrected chi connectivity index (χ0v) is 16.4. The summed E-state index contributed by atoms with van der Waals surface area (Å²) in [7, 11) is 1.70. The van der Waals surface area contributed by atoms with Crippen molar-refractivity contribution in [2.75, 3.05) is 7.11 Å². The van der Waals surface area contributed by atoms with E-state index in [0.717, 1.165) is 5.75 Å². The molecule has 3 rings (SSSR count). The van der Waals surface area contributed by atoms with Crippen molar-refractivity contribution in [3.8, 4) is 5.75 Å². The lowest BCUT2D eigenvalue weighted by Crippen LogP contribution is -2.33. The van der Waals surface area contributed by atoms with Gasteiger partial charge in [-0.1, -0.05) is 64.1 Å². The Bertz CT molecular complexity index is 791. The Morgan fingerprint density at radius 3 is 2.08 bits per heavy atom. The van der Waals surface area contributed by atoms with Gasteiger partial charge in [-0.25, -0.2) is 0 Å². The molecule has 0 heterocycles. The summed E-state index contributed by atoms with van der Waals surface area (Å²) in [6.45, 7) is 11.7. The van der Waals surface area contributed by atoms with Gasteiger partial charge in [0.1, 0.15) is 5.75 Å². The second kappa shape index (κ2) is 6.37. The van der Waals surface area contributed by atoms with E-state index in [0.29, 0.717) is 0 Å². The summed E-state index contributed by atoms with van der Waals surface area (Å²) in [6, 6.07) is 15.3. The molecule has 0 aliphatic heterocycles. The van der Waals surface area contributed by atoms with Gasteiger partial charge in [-0.2, -0.15) is 0 Å². The highest BCUT2D eigenvalue weighted by Gasteiger charge is 2.36. The van der Waals surface area contributed by atoms with Gasteiger partial charge in [0.15, 0.2) is 0 Å². The molecule has 0 N–H and O–H groups in total. The molecule has 0 saturated carbocycles. The SMILES string of the molecule is COc1ccc(/C=C(\C)c2ccc3c(c2)C(C)(C)CCC3(C)C)cc1. The molecule has 0 spiro atoms. The van der Waals surface area contributed by atoms with E-state index in [9.17, 15) is 0 Å². The number of benzene rings is 2. The number of fused-ring (bicyclic) bond motifs is 1. The molecule has 0 saturated heterocycles. The Hall–Kier alpha value is -2.02. The van der Waals surface area contributed by atoms with Crippen molar-refractivity contribution >= 4 is 11.6 Å². The van der Waals surface area contributed by atoms with E-state index < -0.39 is 0 Å². The van der Waals surface area contributed by atoms with Crippen LogP contribution in [0.15, 0.2) is 42.5 Å². The van der Waals surface area contributed by atoms with E-state index in [1.807, 2.05) is 12.1 Å². The van der Waals surface area contributed by atoms with Gasteiger partial charge in [0, 0.05) is 0 Å².